The Balaban J connectivity index is 1.83. The Labute approximate surface area is 112 Å². The lowest BCUT2D eigenvalue weighted by molar-refractivity contribution is -0.0243. The molecule has 1 aliphatic carbocycles. The fourth-order valence-electron chi connectivity index (χ4n) is 2.41. The maximum absolute atomic E-state index is 13.0. The van der Waals surface area contributed by atoms with E-state index in [0.717, 1.165) is 25.7 Å². The van der Waals surface area contributed by atoms with Gasteiger partial charge in [-0.1, -0.05) is 12.1 Å². The van der Waals surface area contributed by atoms with E-state index in [-0.39, 0.29) is 24.6 Å². The molecule has 0 amide bonds. The summed E-state index contributed by atoms with van der Waals surface area (Å²) in [6.45, 7) is 0.00452. The molecule has 1 aliphatic rings. The largest absolute Gasteiger partial charge is 0.381 e. The number of halogens is 1. The van der Waals surface area contributed by atoms with Gasteiger partial charge in [-0.15, -0.1) is 0 Å². The van der Waals surface area contributed by atoms with E-state index in [1.807, 2.05) is 0 Å². The van der Waals surface area contributed by atoms with Gasteiger partial charge in [0.15, 0.2) is 5.78 Å². The van der Waals surface area contributed by atoms with E-state index in [9.17, 15) is 9.18 Å². The zero-order valence-corrected chi connectivity index (χ0v) is 11.1. The average Bonchev–Trinajstić information content (AvgIpc) is 2.45. The zero-order valence-electron chi connectivity index (χ0n) is 11.1. The Hall–Kier alpha value is -1.26. The van der Waals surface area contributed by atoms with Crippen LogP contribution in [0.5, 0.6) is 0 Å². The smallest absolute Gasteiger partial charge is 0.188 e. The van der Waals surface area contributed by atoms with Crippen LogP contribution in [0.4, 0.5) is 4.39 Å². The first-order valence-electron chi connectivity index (χ1n) is 6.62. The molecule has 0 spiro atoms. The van der Waals surface area contributed by atoms with Gasteiger partial charge in [-0.25, -0.2) is 4.39 Å². The topological polar surface area (TPSA) is 35.5 Å². The standard InChI is InChI=1S/C15H19FO3/c1-18-13-6-3-7-14(9-13)19-10-15(17)11-4-2-5-12(16)8-11/h2,4-5,8,13-14H,3,6-7,9-10H2,1H3. The van der Waals surface area contributed by atoms with Crippen molar-refractivity contribution >= 4 is 5.78 Å². The summed E-state index contributed by atoms with van der Waals surface area (Å²) in [4.78, 5) is 11.9. The van der Waals surface area contributed by atoms with Crippen molar-refractivity contribution in [1.82, 2.24) is 0 Å². The molecule has 1 saturated carbocycles. The number of benzene rings is 1. The van der Waals surface area contributed by atoms with Crippen LogP contribution in [0.1, 0.15) is 36.0 Å². The van der Waals surface area contributed by atoms with Crippen LogP contribution in [0.3, 0.4) is 0 Å². The average molecular weight is 266 g/mol. The summed E-state index contributed by atoms with van der Waals surface area (Å²) in [5.74, 6) is -0.581. The molecular weight excluding hydrogens is 247 g/mol. The molecule has 0 bridgehead atoms. The molecule has 104 valence electrons. The number of ether oxygens (including phenoxy) is 2. The van der Waals surface area contributed by atoms with Crippen LogP contribution in [0.15, 0.2) is 24.3 Å². The zero-order chi connectivity index (χ0) is 13.7. The van der Waals surface area contributed by atoms with Gasteiger partial charge in [0, 0.05) is 12.7 Å². The SMILES string of the molecule is COC1CCCC(OCC(=O)c2cccc(F)c2)C1. The van der Waals surface area contributed by atoms with E-state index in [4.69, 9.17) is 9.47 Å². The fourth-order valence-corrected chi connectivity index (χ4v) is 2.41. The molecule has 0 aliphatic heterocycles. The molecule has 0 radical (unpaired) electrons. The minimum absolute atomic E-state index is 0.00452. The van der Waals surface area contributed by atoms with Crippen LogP contribution in [0, 0.1) is 5.82 Å². The monoisotopic (exact) mass is 266 g/mol. The predicted molar refractivity (Wildman–Crippen MR) is 69.7 cm³/mol. The molecule has 1 fully saturated rings. The van der Waals surface area contributed by atoms with Crippen LogP contribution < -0.4 is 0 Å². The highest BCUT2D eigenvalue weighted by atomic mass is 19.1. The first-order valence-corrected chi connectivity index (χ1v) is 6.62. The number of hydrogen-bond donors (Lipinski definition) is 0. The third kappa shape index (κ3) is 4.11. The summed E-state index contributed by atoms with van der Waals surface area (Å²) < 4.78 is 23.9. The molecule has 0 heterocycles. The number of carbonyl (C=O) groups is 1. The molecule has 2 atom stereocenters. The Morgan fingerprint density at radius 2 is 2.16 bits per heavy atom. The third-order valence-electron chi connectivity index (χ3n) is 3.51. The quantitative estimate of drug-likeness (QED) is 0.769. The summed E-state index contributed by atoms with van der Waals surface area (Å²) in [6, 6.07) is 5.70. The molecule has 4 heteroatoms. The number of ketones is 1. The summed E-state index contributed by atoms with van der Waals surface area (Å²) in [6.07, 6.45) is 4.17. The second-order valence-electron chi connectivity index (χ2n) is 4.89. The molecule has 1 aromatic rings. The van der Waals surface area contributed by atoms with Gasteiger partial charge in [-0.3, -0.25) is 4.79 Å². The van der Waals surface area contributed by atoms with Crippen molar-refractivity contribution < 1.29 is 18.7 Å². The van der Waals surface area contributed by atoms with E-state index in [1.165, 1.54) is 18.2 Å². The lowest BCUT2D eigenvalue weighted by Gasteiger charge is -2.27. The summed E-state index contributed by atoms with van der Waals surface area (Å²) >= 11 is 0. The lowest BCUT2D eigenvalue weighted by atomic mass is 9.95. The van der Waals surface area contributed by atoms with E-state index < -0.39 is 5.82 Å². The van der Waals surface area contributed by atoms with Crippen molar-refractivity contribution in [1.29, 1.82) is 0 Å². The molecule has 0 aromatic heterocycles. The van der Waals surface area contributed by atoms with Gasteiger partial charge < -0.3 is 9.47 Å². The van der Waals surface area contributed by atoms with Gasteiger partial charge in [0.1, 0.15) is 12.4 Å². The molecule has 2 rings (SSSR count). The van der Waals surface area contributed by atoms with Crippen LogP contribution in [0.25, 0.3) is 0 Å². The number of Topliss-reactive ketones (excluding diaryl/α,β-unsaturated/α-hetero) is 1. The minimum atomic E-state index is -0.400. The second kappa shape index (κ2) is 6.78. The number of methoxy groups -OCH3 is 1. The van der Waals surface area contributed by atoms with Crippen molar-refractivity contribution in [2.45, 2.75) is 37.9 Å². The van der Waals surface area contributed by atoms with Gasteiger partial charge in [-0.2, -0.15) is 0 Å². The molecule has 0 N–H and O–H groups in total. The third-order valence-corrected chi connectivity index (χ3v) is 3.51. The van der Waals surface area contributed by atoms with Crippen molar-refractivity contribution in [2.24, 2.45) is 0 Å². The van der Waals surface area contributed by atoms with Crippen LogP contribution >= 0.6 is 0 Å². The van der Waals surface area contributed by atoms with Crippen LogP contribution in [0.2, 0.25) is 0 Å². The number of hydrogen-bond acceptors (Lipinski definition) is 3. The van der Waals surface area contributed by atoms with E-state index in [0.29, 0.717) is 5.56 Å². The van der Waals surface area contributed by atoms with E-state index in [2.05, 4.69) is 0 Å². The van der Waals surface area contributed by atoms with Gasteiger partial charge in [0.05, 0.1) is 12.2 Å². The van der Waals surface area contributed by atoms with Gasteiger partial charge in [-0.05, 0) is 37.8 Å². The van der Waals surface area contributed by atoms with Crippen molar-refractivity contribution in [3.05, 3.63) is 35.6 Å². The summed E-state index contributed by atoms with van der Waals surface area (Å²) in [7, 11) is 1.70. The molecule has 0 saturated heterocycles. The maximum atomic E-state index is 13.0. The van der Waals surface area contributed by atoms with Gasteiger partial charge in [0.25, 0.3) is 0 Å². The Morgan fingerprint density at radius 1 is 1.37 bits per heavy atom. The molecule has 1 aromatic carbocycles. The highest BCUT2D eigenvalue weighted by molar-refractivity contribution is 5.97. The molecular formula is C15H19FO3. The van der Waals surface area contributed by atoms with Crippen molar-refractivity contribution in [3.8, 4) is 0 Å². The normalized spacial score (nSPS) is 23.3. The highest BCUT2D eigenvalue weighted by Crippen LogP contribution is 2.23. The number of carbonyl (C=O) groups excluding carboxylic acids is 1. The molecule has 3 nitrogen and oxygen atoms in total. The fraction of sp³-hybridized carbons (Fsp3) is 0.533. The Kier molecular flexibility index (Phi) is 5.05. The second-order valence-corrected chi connectivity index (χ2v) is 4.89. The maximum Gasteiger partial charge on any atom is 0.188 e. The Bertz CT molecular complexity index is 433. The lowest BCUT2D eigenvalue weighted by Crippen LogP contribution is -2.29. The van der Waals surface area contributed by atoms with Crippen LogP contribution in [-0.4, -0.2) is 31.7 Å². The minimum Gasteiger partial charge on any atom is -0.381 e. The Morgan fingerprint density at radius 3 is 2.89 bits per heavy atom. The summed E-state index contributed by atoms with van der Waals surface area (Å²) in [5.41, 5.74) is 0.360. The van der Waals surface area contributed by atoms with E-state index in [1.54, 1.807) is 13.2 Å². The van der Waals surface area contributed by atoms with Crippen molar-refractivity contribution in [2.75, 3.05) is 13.7 Å². The van der Waals surface area contributed by atoms with E-state index >= 15 is 0 Å². The first kappa shape index (κ1) is 14.2. The summed E-state index contributed by atoms with van der Waals surface area (Å²) in [5, 5.41) is 0. The predicted octanol–water partition coefficient (Wildman–Crippen LogP) is 2.98. The van der Waals surface area contributed by atoms with Crippen LogP contribution in [-0.2, 0) is 9.47 Å². The van der Waals surface area contributed by atoms with Crippen molar-refractivity contribution in [3.63, 3.8) is 0 Å². The first-order chi connectivity index (χ1) is 9.19. The van der Waals surface area contributed by atoms with Gasteiger partial charge >= 0.3 is 0 Å². The number of rotatable bonds is 5. The molecule has 19 heavy (non-hydrogen) atoms. The highest BCUT2D eigenvalue weighted by Gasteiger charge is 2.23. The van der Waals surface area contributed by atoms with Gasteiger partial charge in [0.2, 0.25) is 0 Å². The molecule has 2 unspecified atom stereocenters.